The molecule has 10 aromatic carbocycles. The van der Waals surface area contributed by atoms with Crippen LogP contribution in [0.15, 0.2) is 227 Å². The highest BCUT2D eigenvalue weighted by Gasteiger charge is 2.25. The van der Waals surface area contributed by atoms with Crippen LogP contribution in [0.25, 0.3) is 77.3 Å². The molecule has 0 aliphatic carbocycles. The van der Waals surface area contributed by atoms with Crippen molar-refractivity contribution in [2.24, 2.45) is 0 Å². The molecule has 0 fully saturated rings. The summed E-state index contributed by atoms with van der Waals surface area (Å²) < 4.78 is 13.3. The van der Waals surface area contributed by atoms with E-state index in [1.807, 2.05) is 12.1 Å². The van der Waals surface area contributed by atoms with Crippen LogP contribution < -0.4 is 9.80 Å². The average molecular weight is 877 g/mol. The topological polar surface area (TPSA) is 32.8 Å². The van der Waals surface area contributed by atoms with Gasteiger partial charge in [0.2, 0.25) is 0 Å². The Balaban J connectivity index is 0.964. The molecule has 0 saturated heterocycles. The fourth-order valence-electron chi connectivity index (χ4n) is 10.4. The Morgan fingerprint density at radius 1 is 0.294 bits per heavy atom. The summed E-state index contributed by atoms with van der Waals surface area (Å²) in [6.07, 6.45) is 0. The molecule has 68 heavy (non-hydrogen) atoms. The van der Waals surface area contributed by atoms with Crippen LogP contribution in [0.2, 0.25) is 0 Å². The first kappa shape index (κ1) is 40.9. The van der Waals surface area contributed by atoms with Gasteiger partial charge in [-0.25, -0.2) is 0 Å². The molecule has 0 spiro atoms. The number of rotatable bonds is 9. The third kappa shape index (κ3) is 6.84. The lowest BCUT2D eigenvalue weighted by Crippen LogP contribution is -2.14. The lowest BCUT2D eigenvalue weighted by atomic mass is 9.94. The maximum Gasteiger partial charge on any atom is 0.143 e. The third-order valence-corrected chi connectivity index (χ3v) is 13.5. The molecule has 2 aromatic heterocycles. The molecule has 2 heterocycles. The number of anilines is 6. The van der Waals surface area contributed by atoms with Crippen molar-refractivity contribution in [3.63, 3.8) is 0 Å². The van der Waals surface area contributed by atoms with E-state index < -0.39 is 0 Å². The summed E-state index contributed by atoms with van der Waals surface area (Å²) in [4.78, 5) is 4.84. The largest absolute Gasteiger partial charge is 0.455 e. The zero-order chi connectivity index (χ0) is 45.9. The number of hydrogen-bond donors (Lipinski definition) is 0. The zero-order valence-corrected chi connectivity index (χ0v) is 38.5. The Bertz CT molecular complexity index is 3610. The van der Waals surface area contributed by atoms with Gasteiger partial charge >= 0.3 is 0 Å². The average Bonchev–Trinajstić information content (AvgIpc) is 3.96. The van der Waals surface area contributed by atoms with E-state index in [0.29, 0.717) is 0 Å². The zero-order valence-electron chi connectivity index (χ0n) is 38.5. The molecule has 0 amide bonds. The van der Waals surface area contributed by atoms with Gasteiger partial charge in [-0.15, -0.1) is 0 Å². The third-order valence-electron chi connectivity index (χ3n) is 13.5. The fourth-order valence-corrected chi connectivity index (χ4v) is 10.4. The SMILES string of the molecule is Cc1cc(-c2ccc(N(c3ccccc3)c3c(C)cccc3-c3cccc4c3oc3ccccc34)c(C)c2)ccc1N(c1ccccc1)c1c(C)cccc1-c1cccc2c1oc1ccccc12. The Kier molecular flexibility index (Phi) is 10.0. The van der Waals surface area contributed by atoms with Gasteiger partial charge in [-0.05, 0) is 122 Å². The van der Waals surface area contributed by atoms with Crippen LogP contribution in [0, 0.1) is 27.7 Å². The molecular weight excluding hydrogens is 829 g/mol. The Morgan fingerprint density at radius 2 is 0.662 bits per heavy atom. The van der Waals surface area contributed by atoms with E-state index in [1.54, 1.807) is 0 Å². The van der Waals surface area contributed by atoms with Crippen LogP contribution in [0.3, 0.4) is 0 Å². The van der Waals surface area contributed by atoms with Gasteiger partial charge in [0.1, 0.15) is 22.3 Å². The summed E-state index contributed by atoms with van der Waals surface area (Å²) in [7, 11) is 0. The first-order valence-corrected chi connectivity index (χ1v) is 23.3. The molecule has 0 aliphatic rings. The normalized spacial score (nSPS) is 11.5. The maximum atomic E-state index is 6.63. The van der Waals surface area contributed by atoms with Gasteiger partial charge < -0.3 is 18.6 Å². The minimum absolute atomic E-state index is 0.892. The lowest BCUT2D eigenvalue weighted by molar-refractivity contribution is 0.669. The Morgan fingerprint density at radius 3 is 1.09 bits per heavy atom. The molecule has 326 valence electrons. The van der Waals surface area contributed by atoms with Crippen molar-refractivity contribution in [1.29, 1.82) is 0 Å². The fraction of sp³-hybridized carbons (Fsp3) is 0.0625. The number of fused-ring (bicyclic) bond motifs is 6. The molecule has 0 saturated carbocycles. The van der Waals surface area contributed by atoms with Gasteiger partial charge in [-0.1, -0.05) is 158 Å². The van der Waals surface area contributed by atoms with Gasteiger partial charge in [-0.2, -0.15) is 0 Å². The molecule has 0 radical (unpaired) electrons. The quantitative estimate of drug-likeness (QED) is 0.145. The first-order chi connectivity index (χ1) is 33.4. The molecule has 12 aromatic rings. The maximum absolute atomic E-state index is 6.63. The number of benzene rings is 10. The van der Waals surface area contributed by atoms with Crippen LogP contribution >= 0.6 is 0 Å². The molecule has 4 nitrogen and oxygen atoms in total. The second-order valence-corrected chi connectivity index (χ2v) is 17.8. The molecule has 0 atom stereocenters. The summed E-state index contributed by atoms with van der Waals surface area (Å²) in [5.74, 6) is 0. The van der Waals surface area contributed by atoms with Gasteiger partial charge in [0.25, 0.3) is 0 Å². The summed E-state index contributed by atoms with van der Waals surface area (Å²) in [5, 5.41) is 4.48. The molecular formula is C64H48N2O2. The van der Waals surface area contributed by atoms with E-state index in [1.165, 1.54) is 22.3 Å². The predicted octanol–water partition coefficient (Wildman–Crippen LogP) is 18.7. The van der Waals surface area contributed by atoms with E-state index in [9.17, 15) is 0 Å². The highest BCUT2D eigenvalue weighted by molar-refractivity contribution is 6.12. The van der Waals surface area contributed by atoms with E-state index in [4.69, 9.17) is 8.83 Å². The van der Waals surface area contributed by atoms with Crippen molar-refractivity contribution >= 4 is 78.0 Å². The Labute approximate surface area is 396 Å². The van der Waals surface area contributed by atoms with Gasteiger partial charge in [0.05, 0.1) is 11.4 Å². The summed E-state index contributed by atoms with van der Waals surface area (Å²) in [5.41, 5.74) is 21.6. The van der Waals surface area contributed by atoms with Crippen molar-refractivity contribution in [1.82, 2.24) is 0 Å². The van der Waals surface area contributed by atoms with Crippen LogP contribution in [-0.2, 0) is 0 Å². The second kappa shape index (κ2) is 16.7. The molecule has 0 aliphatic heterocycles. The lowest BCUT2D eigenvalue weighted by Gasteiger charge is -2.31. The predicted molar refractivity (Wildman–Crippen MR) is 286 cm³/mol. The number of para-hydroxylation sites is 8. The Hall–Kier alpha value is -8.60. The van der Waals surface area contributed by atoms with Crippen molar-refractivity contribution in [2.45, 2.75) is 27.7 Å². The van der Waals surface area contributed by atoms with Crippen LogP contribution in [0.5, 0.6) is 0 Å². The smallest absolute Gasteiger partial charge is 0.143 e. The van der Waals surface area contributed by atoms with Crippen molar-refractivity contribution in [3.05, 3.63) is 241 Å². The van der Waals surface area contributed by atoms with Crippen molar-refractivity contribution < 1.29 is 8.83 Å². The van der Waals surface area contributed by atoms with E-state index in [0.717, 1.165) is 111 Å². The number of aryl methyl sites for hydroxylation is 4. The van der Waals surface area contributed by atoms with Crippen LogP contribution in [0.4, 0.5) is 34.1 Å². The molecule has 4 heteroatoms. The molecule has 0 unspecified atom stereocenters. The first-order valence-electron chi connectivity index (χ1n) is 23.3. The minimum Gasteiger partial charge on any atom is -0.455 e. The van der Waals surface area contributed by atoms with E-state index in [2.05, 4.69) is 244 Å². The minimum atomic E-state index is 0.892. The van der Waals surface area contributed by atoms with Crippen molar-refractivity contribution in [2.75, 3.05) is 9.80 Å². The van der Waals surface area contributed by atoms with Crippen molar-refractivity contribution in [3.8, 4) is 33.4 Å². The monoisotopic (exact) mass is 876 g/mol. The van der Waals surface area contributed by atoms with Gasteiger partial charge in [0.15, 0.2) is 0 Å². The summed E-state index contributed by atoms with van der Waals surface area (Å²) in [6.45, 7) is 8.87. The van der Waals surface area contributed by atoms with Crippen LogP contribution in [0.1, 0.15) is 22.3 Å². The summed E-state index contributed by atoms with van der Waals surface area (Å²) >= 11 is 0. The van der Waals surface area contributed by atoms with E-state index >= 15 is 0 Å². The second-order valence-electron chi connectivity index (χ2n) is 17.8. The highest BCUT2D eigenvalue weighted by Crippen LogP contribution is 2.49. The highest BCUT2D eigenvalue weighted by atomic mass is 16.3. The number of furan rings is 2. The number of hydrogen-bond acceptors (Lipinski definition) is 4. The van der Waals surface area contributed by atoms with Gasteiger partial charge in [0, 0.05) is 66.5 Å². The standard InChI is InChI=1S/C64H48N2O2/c1-41-19-15-27-51(55-31-17-29-53-49-25-11-13-33-59(49)67-63(53)55)61(41)65(47-21-7-5-8-22-47)57-37-35-45(39-43(57)3)46-36-38-58(44(4)40-46)66(48-23-9-6-10-24-48)62-42(2)20-16-28-52(62)56-32-18-30-54-50-26-12-14-34-60(50)68-64(54)56/h5-40H,1-4H3. The van der Waals surface area contributed by atoms with E-state index in [-0.39, 0.29) is 0 Å². The number of nitrogens with zero attached hydrogens (tertiary/aromatic N) is 2. The van der Waals surface area contributed by atoms with Gasteiger partial charge in [-0.3, -0.25) is 0 Å². The summed E-state index contributed by atoms with van der Waals surface area (Å²) in [6, 6.07) is 78.0. The molecule has 0 bridgehead atoms. The molecule has 0 N–H and O–H groups in total. The van der Waals surface area contributed by atoms with Crippen LogP contribution in [-0.4, -0.2) is 0 Å². The molecule has 12 rings (SSSR count).